The van der Waals surface area contributed by atoms with Gasteiger partial charge in [0.05, 0.1) is 0 Å². The van der Waals surface area contributed by atoms with Gasteiger partial charge in [-0.1, -0.05) is 65.8 Å². The second-order valence-electron chi connectivity index (χ2n) is 5.64. The fourth-order valence-electron chi connectivity index (χ4n) is 2.92. The van der Waals surface area contributed by atoms with E-state index in [2.05, 4.69) is 52.0 Å². The molecule has 1 aliphatic carbocycles. The maximum Gasteiger partial charge on any atom is 0.0406 e. The molecular formula is C17H28S. The fourth-order valence-corrected chi connectivity index (χ4v) is 3.41. The van der Waals surface area contributed by atoms with Crippen molar-refractivity contribution in [2.75, 3.05) is 0 Å². The molecule has 0 fully saturated rings. The van der Waals surface area contributed by atoms with Crippen molar-refractivity contribution in [3.05, 3.63) is 35.4 Å². The van der Waals surface area contributed by atoms with E-state index in [1.807, 2.05) is 13.8 Å². The quantitative estimate of drug-likeness (QED) is 0.624. The number of rotatable bonds is 1. The molecule has 3 unspecified atom stereocenters. The van der Waals surface area contributed by atoms with Gasteiger partial charge in [0.25, 0.3) is 0 Å². The lowest BCUT2D eigenvalue weighted by atomic mass is 9.68. The van der Waals surface area contributed by atoms with Crippen LogP contribution in [0.25, 0.3) is 0 Å². The van der Waals surface area contributed by atoms with Gasteiger partial charge in [-0.05, 0) is 35.3 Å². The van der Waals surface area contributed by atoms with E-state index >= 15 is 0 Å². The summed E-state index contributed by atoms with van der Waals surface area (Å²) >= 11 is 5.02. The molecule has 0 radical (unpaired) electrons. The van der Waals surface area contributed by atoms with E-state index < -0.39 is 0 Å². The second kappa shape index (κ2) is 6.14. The van der Waals surface area contributed by atoms with E-state index in [4.69, 9.17) is 12.6 Å². The van der Waals surface area contributed by atoms with Gasteiger partial charge in [-0.15, -0.1) is 0 Å². The van der Waals surface area contributed by atoms with Crippen molar-refractivity contribution in [2.24, 2.45) is 11.8 Å². The highest BCUT2D eigenvalue weighted by atomic mass is 32.1. The van der Waals surface area contributed by atoms with Gasteiger partial charge in [0.2, 0.25) is 0 Å². The minimum absolute atomic E-state index is 0.0581. The summed E-state index contributed by atoms with van der Waals surface area (Å²) in [5, 5.41) is 0. The zero-order valence-corrected chi connectivity index (χ0v) is 13.6. The third kappa shape index (κ3) is 2.61. The Labute approximate surface area is 119 Å². The van der Waals surface area contributed by atoms with Gasteiger partial charge in [-0.2, -0.15) is 12.6 Å². The molecule has 0 aliphatic heterocycles. The number of hydrogen-bond acceptors (Lipinski definition) is 1. The monoisotopic (exact) mass is 264 g/mol. The van der Waals surface area contributed by atoms with Crippen molar-refractivity contribution >= 4 is 12.6 Å². The smallest absolute Gasteiger partial charge is 0.0406 e. The molecule has 3 atom stereocenters. The van der Waals surface area contributed by atoms with E-state index in [1.54, 1.807) is 0 Å². The van der Waals surface area contributed by atoms with Crippen LogP contribution >= 0.6 is 12.6 Å². The second-order valence-corrected chi connectivity index (χ2v) is 6.43. The van der Waals surface area contributed by atoms with E-state index in [1.165, 1.54) is 17.5 Å². The molecule has 102 valence electrons. The minimum Gasteiger partial charge on any atom is -0.167 e. The van der Waals surface area contributed by atoms with Gasteiger partial charge in [-0.25, -0.2) is 0 Å². The Morgan fingerprint density at radius 1 is 1.17 bits per heavy atom. The van der Waals surface area contributed by atoms with Gasteiger partial charge < -0.3 is 0 Å². The topological polar surface area (TPSA) is 0 Å². The molecule has 0 nitrogen and oxygen atoms in total. The van der Waals surface area contributed by atoms with Crippen LogP contribution in [0.5, 0.6) is 0 Å². The Hall–Kier alpha value is -0.430. The van der Waals surface area contributed by atoms with Crippen LogP contribution in [0.2, 0.25) is 0 Å². The highest BCUT2D eigenvalue weighted by molar-refractivity contribution is 7.81. The number of hydrogen-bond donors (Lipinski definition) is 1. The van der Waals surface area contributed by atoms with Gasteiger partial charge in [0.15, 0.2) is 0 Å². The maximum atomic E-state index is 5.02. The minimum atomic E-state index is 0.0581. The van der Waals surface area contributed by atoms with Crippen LogP contribution in [0.4, 0.5) is 0 Å². The molecule has 2 rings (SSSR count). The van der Waals surface area contributed by atoms with E-state index in [9.17, 15) is 0 Å². The zero-order valence-electron chi connectivity index (χ0n) is 12.7. The normalized spacial score (nSPS) is 30.4. The highest BCUT2D eigenvalue weighted by Gasteiger charge is 2.41. The van der Waals surface area contributed by atoms with E-state index in [0.717, 1.165) is 5.92 Å². The third-order valence-corrected chi connectivity index (χ3v) is 5.30. The van der Waals surface area contributed by atoms with Crippen molar-refractivity contribution in [3.63, 3.8) is 0 Å². The highest BCUT2D eigenvalue weighted by Crippen LogP contribution is 2.51. The van der Waals surface area contributed by atoms with Crippen LogP contribution in [0, 0.1) is 11.8 Å². The van der Waals surface area contributed by atoms with Crippen LogP contribution in [0.15, 0.2) is 24.3 Å². The number of fused-ring (bicyclic) bond motifs is 1. The largest absolute Gasteiger partial charge is 0.167 e. The lowest BCUT2D eigenvalue weighted by molar-refractivity contribution is 0.300. The molecular weight excluding hydrogens is 236 g/mol. The first-order valence-corrected chi connectivity index (χ1v) is 7.73. The summed E-state index contributed by atoms with van der Waals surface area (Å²) in [7, 11) is 0. The SMILES string of the molecule is CC.CC1CC(S)(C(C)C)c2ccccc2C1C. The molecule has 0 N–H and O–H groups in total. The first-order chi connectivity index (χ1) is 8.47. The number of thiol groups is 1. The zero-order chi connectivity index (χ0) is 13.9. The summed E-state index contributed by atoms with van der Waals surface area (Å²) in [5.74, 6) is 1.96. The molecule has 0 saturated heterocycles. The van der Waals surface area contributed by atoms with Crippen molar-refractivity contribution in [2.45, 2.75) is 58.6 Å². The molecule has 0 saturated carbocycles. The van der Waals surface area contributed by atoms with Crippen molar-refractivity contribution < 1.29 is 0 Å². The Morgan fingerprint density at radius 2 is 1.72 bits per heavy atom. The Morgan fingerprint density at radius 3 is 2.28 bits per heavy atom. The molecule has 1 aromatic carbocycles. The summed E-state index contributed by atoms with van der Waals surface area (Å²) in [5.41, 5.74) is 2.96. The van der Waals surface area contributed by atoms with Crippen LogP contribution < -0.4 is 0 Å². The number of benzene rings is 1. The summed E-state index contributed by atoms with van der Waals surface area (Å²) in [4.78, 5) is 0. The van der Waals surface area contributed by atoms with Crippen molar-refractivity contribution in [1.82, 2.24) is 0 Å². The average molecular weight is 264 g/mol. The maximum absolute atomic E-state index is 5.02. The summed E-state index contributed by atoms with van der Waals surface area (Å²) < 4.78 is 0.0581. The van der Waals surface area contributed by atoms with Gasteiger partial charge in [0.1, 0.15) is 0 Å². The summed E-state index contributed by atoms with van der Waals surface area (Å²) in [6.07, 6.45) is 1.19. The molecule has 0 bridgehead atoms. The molecule has 0 spiro atoms. The molecule has 1 aromatic rings. The molecule has 0 aromatic heterocycles. The van der Waals surface area contributed by atoms with Gasteiger partial charge in [-0.3, -0.25) is 0 Å². The lowest BCUT2D eigenvalue weighted by Crippen LogP contribution is -2.35. The van der Waals surface area contributed by atoms with Crippen molar-refractivity contribution in [1.29, 1.82) is 0 Å². The third-order valence-electron chi connectivity index (χ3n) is 4.36. The summed E-state index contributed by atoms with van der Waals surface area (Å²) in [6.45, 7) is 13.3. The van der Waals surface area contributed by atoms with E-state index in [0.29, 0.717) is 11.8 Å². The molecule has 18 heavy (non-hydrogen) atoms. The molecule has 0 amide bonds. The Kier molecular flexibility index (Phi) is 5.33. The van der Waals surface area contributed by atoms with E-state index in [-0.39, 0.29) is 4.75 Å². The van der Waals surface area contributed by atoms with Gasteiger partial charge >= 0.3 is 0 Å². The standard InChI is InChI=1S/C15H22S.C2H6/c1-10(2)15(16)9-11(3)12(4)13-7-5-6-8-14(13)15;1-2/h5-8,10-12,16H,9H2,1-4H3;1-2H3. The Bertz CT molecular complexity index is 383. The first-order valence-electron chi connectivity index (χ1n) is 7.28. The fraction of sp³-hybridized carbons (Fsp3) is 0.647. The first kappa shape index (κ1) is 15.6. The molecule has 1 aliphatic rings. The predicted molar refractivity (Wildman–Crippen MR) is 85.5 cm³/mol. The van der Waals surface area contributed by atoms with Gasteiger partial charge in [0, 0.05) is 4.75 Å². The summed E-state index contributed by atoms with van der Waals surface area (Å²) in [6, 6.07) is 8.85. The molecule has 1 heteroatoms. The molecule has 0 heterocycles. The Balaban J connectivity index is 0.000000771. The van der Waals surface area contributed by atoms with Crippen LogP contribution in [-0.4, -0.2) is 0 Å². The van der Waals surface area contributed by atoms with Crippen LogP contribution in [0.3, 0.4) is 0 Å². The van der Waals surface area contributed by atoms with Crippen LogP contribution in [-0.2, 0) is 4.75 Å². The average Bonchev–Trinajstić information content (AvgIpc) is 2.38. The predicted octanol–water partition coefficient (Wildman–Crippen LogP) is 5.64. The lowest BCUT2D eigenvalue weighted by Gasteiger charge is -2.44. The van der Waals surface area contributed by atoms with Crippen LogP contribution in [0.1, 0.15) is 65.0 Å². The van der Waals surface area contributed by atoms with Crippen molar-refractivity contribution in [3.8, 4) is 0 Å².